The molecule has 2 atom stereocenters. The molecule has 0 heterocycles. The third kappa shape index (κ3) is 46.2. The fraction of sp³-hybridized carbons (Fsp3) is 0.938. The van der Waals surface area contributed by atoms with Crippen LogP contribution in [0.3, 0.4) is 0 Å². The minimum Gasteiger partial charge on any atom is -0.457 e. The lowest BCUT2D eigenvalue weighted by molar-refractivity contribution is -0.870. The van der Waals surface area contributed by atoms with E-state index >= 15 is 0 Å². The van der Waals surface area contributed by atoms with Gasteiger partial charge in [-0.05, 0) is 38.5 Å². The second-order valence-corrected chi connectivity index (χ2v) is 19.3. The van der Waals surface area contributed by atoms with E-state index in [0.717, 1.165) is 32.1 Å². The number of hydrogen-bond acceptors (Lipinski definition) is 6. The molecule has 2 unspecified atom stereocenters. The summed E-state index contributed by atoms with van der Waals surface area (Å²) in [6.45, 7) is 5.66. The molecular formula is C48H97NO7P+. The Hall–Kier alpha value is -0.760. The van der Waals surface area contributed by atoms with Crippen LogP contribution in [-0.4, -0.2) is 75.6 Å². The summed E-state index contributed by atoms with van der Waals surface area (Å²) in [6, 6.07) is 0. The van der Waals surface area contributed by atoms with Crippen LogP contribution >= 0.6 is 7.82 Å². The van der Waals surface area contributed by atoms with Gasteiger partial charge in [0, 0.05) is 13.0 Å². The van der Waals surface area contributed by atoms with Gasteiger partial charge in [-0.25, -0.2) is 4.57 Å². The van der Waals surface area contributed by atoms with Crippen molar-refractivity contribution in [2.45, 2.75) is 238 Å². The van der Waals surface area contributed by atoms with Crippen molar-refractivity contribution >= 4 is 13.8 Å². The van der Waals surface area contributed by atoms with E-state index < -0.39 is 13.9 Å². The van der Waals surface area contributed by atoms with E-state index in [9.17, 15) is 14.3 Å². The molecule has 57 heavy (non-hydrogen) atoms. The Labute approximate surface area is 354 Å². The summed E-state index contributed by atoms with van der Waals surface area (Å²) in [5.41, 5.74) is 0. The molecule has 0 saturated heterocycles. The zero-order valence-corrected chi connectivity index (χ0v) is 39.5. The van der Waals surface area contributed by atoms with Crippen LogP contribution in [0.2, 0.25) is 0 Å². The van der Waals surface area contributed by atoms with E-state index in [-0.39, 0.29) is 25.8 Å². The fourth-order valence-corrected chi connectivity index (χ4v) is 7.76. The van der Waals surface area contributed by atoms with Crippen molar-refractivity contribution in [1.29, 1.82) is 0 Å². The lowest BCUT2D eigenvalue weighted by Crippen LogP contribution is -2.37. The van der Waals surface area contributed by atoms with Gasteiger partial charge in [0.2, 0.25) is 0 Å². The average molecular weight is 831 g/mol. The maximum absolute atomic E-state index is 12.7. The molecule has 8 nitrogen and oxygen atoms in total. The van der Waals surface area contributed by atoms with Crippen LogP contribution in [0.15, 0.2) is 12.2 Å². The van der Waals surface area contributed by atoms with Crippen LogP contribution in [0, 0.1) is 0 Å². The van der Waals surface area contributed by atoms with E-state index in [1.807, 2.05) is 21.1 Å². The molecule has 340 valence electrons. The summed E-state index contributed by atoms with van der Waals surface area (Å²) in [5, 5.41) is 0. The van der Waals surface area contributed by atoms with Crippen molar-refractivity contribution in [3.8, 4) is 0 Å². The highest BCUT2D eigenvalue weighted by atomic mass is 31.2. The van der Waals surface area contributed by atoms with Gasteiger partial charge in [0.1, 0.15) is 19.3 Å². The molecule has 0 aromatic carbocycles. The first-order chi connectivity index (χ1) is 27.6. The Balaban J connectivity index is 4.15. The number of rotatable bonds is 46. The highest BCUT2D eigenvalue weighted by Gasteiger charge is 2.26. The largest absolute Gasteiger partial charge is 0.472 e. The van der Waals surface area contributed by atoms with E-state index in [4.69, 9.17) is 18.5 Å². The first-order valence-corrected chi connectivity index (χ1v) is 25.9. The first-order valence-electron chi connectivity index (χ1n) is 24.4. The summed E-state index contributed by atoms with van der Waals surface area (Å²) < 4.78 is 35.1. The van der Waals surface area contributed by atoms with Crippen LogP contribution in [-0.2, 0) is 27.9 Å². The molecule has 0 aromatic rings. The number of allylic oxidation sites excluding steroid dienone is 2. The van der Waals surface area contributed by atoms with Crippen molar-refractivity contribution in [3.63, 3.8) is 0 Å². The number of likely N-dealkylation sites (N-methyl/N-ethyl adjacent to an activating group) is 1. The fourth-order valence-electron chi connectivity index (χ4n) is 7.02. The minimum absolute atomic E-state index is 0.0909. The molecule has 9 heteroatoms. The van der Waals surface area contributed by atoms with Crippen LogP contribution in [0.1, 0.15) is 232 Å². The van der Waals surface area contributed by atoms with Crippen molar-refractivity contribution < 1.29 is 37.3 Å². The number of unbranched alkanes of at least 4 members (excludes halogenated alkanes) is 30. The van der Waals surface area contributed by atoms with Crippen LogP contribution < -0.4 is 0 Å². The SMILES string of the molecule is CCCCCCCCC/C=C\CCCCCCCCOCC(COP(=O)(O)OCC[N+](C)(C)C)OC(=O)CCCCCCCCCCCCCCCCCCCC. The number of phosphoric acid groups is 1. The molecule has 0 saturated carbocycles. The molecular weight excluding hydrogens is 734 g/mol. The van der Waals surface area contributed by atoms with Gasteiger partial charge in [0.15, 0.2) is 0 Å². The maximum Gasteiger partial charge on any atom is 0.472 e. The van der Waals surface area contributed by atoms with Crippen LogP contribution in [0.4, 0.5) is 0 Å². The number of hydrogen-bond donors (Lipinski definition) is 1. The van der Waals surface area contributed by atoms with Gasteiger partial charge < -0.3 is 18.9 Å². The molecule has 0 aromatic heterocycles. The number of nitrogens with zero attached hydrogens (tertiary/aromatic N) is 1. The smallest absolute Gasteiger partial charge is 0.457 e. The Morgan fingerprint density at radius 1 is 0.526 bits per heavy atom. The second-order valence-electron chi connectivity index (χ2n) is 17.9. The van der Waals surface area contributed by atoms with Gasteiger partial charge in [0.05, 0.1) is 34.4 Å². The Kier molecular flexibility index (Phi) is 41.4. The molecule has 0 aliphatic heterocycles. The number of esters is 1. The van der Waals surface area contributed by atoms with Gasteiger partial charge >= 0.3 is 13.8 Å². The maximum atomic E-state index is 12.7. The summed E-state index contributed by atoms with van der Waals surface area (Å²) in [4.78, 5) is 23.0. The molecule has 0 amide bonds. The highest BCUT2D eigenvalue weighted by molar-refractivity contribution is 7.47. The van der Waals surface area contributed by atoms with Gasteiger partial charge in [-0.3, -0.25) is 13.8 Å². The van der Waals surface area contributed by atoms with Crippen molar-refractivity contribution in [2.24, 2.45) is 0 Å². The van der Waals surface area contributed by atoms with Crippen molar-refractivity contribution in [3.05, 3.63) is 12.2 Å². The van der Waals surface area contributed by atoms with Crippen LogP contribution in [0.5, 0.6) is 0 Å². The summed E-state index contributed by atoms with van der Waals surface area (Å²) >= 11 is 0. The lowest BCUT2D eigenvalue weighted by atomic mass is 10.0. The summed E-state index contributed by atoms with van der Waals surface area (Å²) in [7, 11) is 1.68. The van der Waals surface area contributed by atoms with E-state index in [1.54, 1.807) is 0 Å². The molecule has 0 aliphatic carbocycles. The average Bonchev–Trinajstić information content (AvgIpc) is 3.16. The molecule has 0 spiro atoms. The minimum atomic E-state index is -4.27. The van der Waals surface area contributed by atoms with Gasteiger partial charge in [0.25, 0.3) is 0 Å². The normalized spacial score (nSPS) is 13.7. The number of carbonyl (C=O) groups excluding carboxylic acids is 1. The number of carbonyl (C=O) groups is 1. The molecule has 0 radical (unpaired) electrons. The van der Waals surface area contributed by atoms with E-state index in [1.165, 1.54) is 180 Å². The first kappa shape index (κ1) is 56.2. The van der Waals surface area contributed by atoms with Gasteiger partial charge in [-0.2, -0.15) is 0 Å². The number of phosphoric ester groups is 1. The quantitative estimate of drug-likeness (QED) is 0.0215. The van der Waals surface area contributed by atoms with Gasteiger partial charge in [-0.1, -0.05) is 199 Å². The third-order valence-corrected chi connectivity index (χ3v) is 11.8. The monoisotopic (exact) mass is 831 g/mol. The molecule has 0 aliphatic rings. The third-order valence-electron chi connectivity index (χ3n) is 10.8. The zero-order valence-electron chi connectivity index (χ0n) is 38.6. The Bertz CT molecular complexity index is 925. The zero-order chi connectivity index (χ0) is 42.0. The van der Waals surface area contributed by atoms with Gasteiger partial charge in [-0.15, -0.1) is 0 Å². The van der Waals surface area contributed by atoms with E-state index in [0.29, 0.717) is 24.1 Å². The Morgan fingerprint density at radius 3 is 1.33 bits per heavy atom. The van der Waals surface area contributed by atoms with Crippen molar-refractivity contribution in [1.82, 2.24) is 0 Å². The van der Waals surface area contributed by atoms with Crippen molar-refractivity contribution in [2.75, 3.05) is 54.1 Å². The topological polar surface area (TPSA) is 91.3 Å². The van der Waals surface area contributed by atoms with E-state index in [2.05, 4.69) is 26.0 Å². The molecule has 0 rings (SSSR count). The molecule has 0 bridgehead atoms. The Morgan fingerprint density at radius 2 is 0.912 bits per heavy atom. The highest BCUT2D eigenvalue weighted by Crippen LogP contribution is 2.43. The number of ether oxygens (including phenoxy) is 2. The summed E-state index contributed by atoms with van der Waals surface area (Å²) in [5.74, 6) is -0.310. The lowest BCUT2D eigenvalue weighted by Gasteiger charge is -2.24. The predicted molar refractivity (Wildman–Crippen MR) is 243 cm³/mol. The standard InChI is InChI=1S/C48H96NO7P/c1-6-8-10-12-14-16-18-20-22-24-25-27-29-31-33-35-37-39-41-48(50)56-47(46-55-57(51,52)54-44-42-49(3,4)5)45-53-43-40-38-36-34-32-30-28-26-23-21-19-17-15-13-11-9-7-2/h23,26,47H,6-22,24-25,27-46H2,1-5H3/p+1/b26-23-. The predicted octanol–water partition coefficient (Wildman–Crippen LogP) is 14.6. The van der Waals surface area contributed by atoms with Crippen LogP contribution in [0.25, 0.3) is 0 Å². The second kappa shape index (κ2) is 42.0. The molecule has 0 fully saturated rings. The molecule has 1 N–H and O–H groups in total. The summed E-state index contributed by atoms with van der Waals surface area (Å²) in [6.07, 6.45) is 46.7. The number of quaternary nitrogens is 1.